The lowest BCUT2D eigenvalue weighted by atomic mass is 10.2. The average Bonchev–Trinajstić information content (AvgIpc) is 3.38. The van der Waals surface area contributed by atoms with Crippen molar-refractivity contribution in [3.63, 3.8) is 0 Å². The second kappa shape index (κ2) is 7.95. The summed E-state index contributed by atoms with van der Waals surface area (Å²) < 4.78 is 15.4. The molecule has 0 bridgehead atoms. The van der Waals surface area contributed by atoms with Gasteiger partial charge < -0.3 is 19.5 Å². The number of benzene rings is 3. The van der Waals surface area contributed by atoms with Crippen molar-refractivity contribution in [1.29, 1.82) is 0 Å². The van der Waals surface area contributed by atoms with Gasteiger partial charge in [0.15, 0.2) is 11.5 Å². The molecule has 1 heterocycles. The maximum atomic E-state index is 12.6. The second-order valence-electron chi connectivity index (χ2n) is 7.53. The fourth-order valence-electron chi connectivity index (χ4n) is 3.79. The first-order valence-electron chi connectivity index (χ1n) is 10.1. The van der Waals surface area contributed by atoms with Crippen LogP contribution in [-0.2, 0) is 0 Å². The van der Waals surface area contributed by atoms with Gasteiger partial charge in [-0.2, -0.15) is 0 Å². The van der Waals surface area contributed by atoms with Crippen LogP contribution in [0.15, 0.2) is 77.7 Å². The van der Waals surface area contributed by atoms with E-state index in [1.165, 1.54) is 11.9 Å². The van der Waals surface area contributed by atoms with Crippen molar-refractivity contribution in [1.82, 2.24) is 0 Å². The van der Waals surface area contributed by atoms with E-state index >= 15 is 0 Å². The van der Waals surface area contributed by atoms with E-state index in [2.05, 4.69) is 10.0 Å². The number of anilines is 2. The standard InChI is InChI=1S/C24H22N2O3S/c27-23(17-8-10-18(11-9-17)26-30-20-6-2-1-3-7-20)25-19-12-13-21-22(16-19)29-24(28-21)14-4-5-15-24/h1-3,6-13,16,26H,4-5,14-15H2,(H,25,27). The first-order valence-corrected chi connectivity index (χ1v) is 10.9. The minimum atomic E-state index is -0.494. The molecular weight excluding hydrogens is 396 g/mol. The summed E-state index contributed by atoms with van der Waals surface area (Å²) in [6, 6.07) is 23.0. The quantitative estimate of drug-likeness (QED) is 0.490. The number of rotatable bonds is 5. The van der Waals surface area contributed by atoms with Crippen LogP contribution in [0, 0.1) is 0 Å². The van der Waals surface area contributed by atoms with Crippen molar-refractivity contribution in [2.45, 2.75) is 36.4 Å². The van der Waals surface area contributed by atoms with Gasteiger partial charge in [-0.25, -0.2) is 0 Å². The van der Waals surface area contributed by atoms with Crippen molar-refractivity contribution < 1.29 is 14.3 Å². The molecule has 0 saturated heterocycles. The highest BCUT2D eigenvalue weighted by molar-refractivity contribution is 8.00. The van der Waals surface area contributed by atoms with E-state index in [-0.39, 0.29) is 5.91 Å². The van der Waals surface area contributed by atoms with E-state index in [9.17, 15) is 4.79 Å². The molecule has 152 valence electrons. The molecule has 0 radical (unpaired) electrons. The molecule has 6 heteroatoms. The van der Waals surface area contributed by atoms with Gasteiger partial charge in [-0.1, -0.05) is 18.2 Å². The van der Waals surface area contributed by atoms with Crippen LogP contribution in [0.3, 0.4) is 0 Å². The minimum absolute atomic E-state index is 0.160. The molecule has 1 aliphatic heterocycles. The number of nitrogens with one attached hydrogen (secondary N) is 2. The summed E-state index contributed by atoms with van der Waals surface area (Å²) in [7, 11) is 0. The Morgan fingerprint density at radius 1 is 0.833 bits per heavy atom. The summed E-state index contributed by atoms with van der Waals surface area (Å²) in [5.41, 5.74) is 2.22. The first-order chi connectivity index (χ1) is 14.7. The van der Waals surface area contributed by atoms with E-state index in [4.69, 9.17) is 9.47 Å². The van der Waals surface area contributed by atoms with Crippen molar-refractivity contribution in [3.05, 3.63) is 78.4 Å². The molecule has 2 aliphatic rings. The van der Waals surface area contributed by atoms with Crippen molar-refractivity contribution in [2.75, 3.05) is 10.0 Å². The molecule has 1 spiro atoms. The summed E-state index contributed by atoms with van der Waals surface area (Å²) in [6.45, 7) is 0. The molecular formula is C24H22N2O3S. The second-order valence-corrected chi connectivity index (χ2v) is 8.41. The highest BCUT2D eigenvalue weighted by Gasteiger charge is 2.44. The Labute approximate surface area is 179 Å². The van der Waals surface area contributed by atoms with Gasteiger partial charge in [-0.3, -0.25) is 4.79 Å². The third-order valence-corrected chi connectivity index (χ3v) is 6.18. The molecule has 1 fully saturated rings. The molecule has 0 unspecified atom stereocenters. The Bertz CT molecular complexity index is 1050. The molecule has 3 aromatic rings. The van der Waals surface area contributed by atoms with Gasteiger partial charge in [0.1, 0.15) is 0 Å². The molecule has 2 N–H and O–H groups in total. The Balaban J connectivity index is 1.21. The fourth-order valence-corrected chi connectivity index (χ4v) is 4.45. The summed E-state index contributed by atoms with van der Waals surface area (Å²) in [6.07, 6.45) is 4.05. The van der Waals surface area contributed by atoms with Crippen molar-refractivity contribution in [2.24, 2.45) is 0 Å². The SMILES string of the molecule is O=C(Nc1ccc2c(c1)OC1(CCCC1)O2)c1ccc(NSc2ccccc2)cc1. The molecule has 5 nitrogen and oxygen atoms in total. The predicted octanol–water partition coefficient (Wildman–Crippen LogP) is 6.10. The Morgan fingerprint density at radius 2 is 1.53 bits per heavy atom. The summed E-state index contributed by atoms with van der Waals surface area (Å²) in [5.74, 6) is 0.797. The van der Waals surface area contributed by atoms with E-state index in [0.717, 1.165) is 42.0 Å². The smallest absolute Gasteiger partial charge is 0.255 e. The largest absolute Gasteiger partial charge is 0.448 e. The van der Waals surface area contributed by atoms with Gasteiger partial charge in [0.25, 0.3) is 11.7 Å². The van der Waals surface area contributed by atoms with Crippen LogP contribution in [0.4, 0.5) is 11.4 Å². The van der Waals surface area contributed by atoms with E-state index in [0.29, 0.717) is 17.0 Å². The summed E-state index contributed by atoms with van der Waals surface area (Å²) in [5, 5.41) is 2.94. The van der Waals surface area contributed by atoms with Crippen LogP contribution < -0.4 is 19.5 Å². The summed E-state index contributed by atoms with van der Waals surface area (Å²) in [4.78, 5) is 13.8. The number of hydrogen-bond acceptors (Lipinski definition) is 5. The molecule has 1 saturated carbocycles. The lowest BCUT2D eigenvalue weighted by Gasteiger charge is -2.21. The van der Waals surface area contributed by atoms with Crippen LogP contribution in [0.2, 0.25) is 0 Å². The van der Waals surface area contributed by atoms with E-state index in [1.54, 1.807) is 0 Å². The van der Waals surface area contributed by atoms with Crippen LogP contribution >= 0.6 is 11.9 Å². The van der Waals surface area contributed by atoms with Gasteiger partial charge in [0, 0.05) is 40.7 Å². The molecule has 0 aromatic heterocycles. The van der Waals surface area contributed by atoms with Gasteiger partial charge >= 0.3 is 0 Å². The molecule has 0 atom stereocenters. The lowest BCUT2D eigenvalue weighted by Crippen LogP contribution is -2.34. The zero-order valence-corrected chi connectivity index (χ0v) is 17.2. The lowest BCUT2D eigenvalue weighted by molar-refractivity contribution is -0.0716. The van der Waals surface area contributed by atoms with E-state index < -0.39 is 5.79 Å². The first kappa shape index (κ1) is 18.9. The summed E-state index contributed by atoms with van der Waals surface area (Å²) >= 11 is 1.53. The molecule has 5 rings (SSSR count). The van der Waals surface area contributed by atoms with E-state index in [1.807, 2.05) is 72.8 Å². The third kappa shape index (κ3) is 3.96. The minimum Gasteiger partial charge on any atom is -0.448 e. The maximum absolute atomic E-state index is 12.6. The maximum Gasteiger partial charge on any atom is 0.255 e. The molecule has 30 heavy (non-hydrogen) atoms. The zero-order valence-electron chi connectivity index (χ0n) is 16.4. The van der Waals surface area contributed by atoms with Crippen molar-refractivity contribution in [3.8, 4) is 11.5 Å². The Morgan fingerprint density at radius 3 is 2.30 bits per heavy atom. The van der Waals surface area contributed by atoms with Gasteiger partial charge in [0.05, 0.1) is 0 Å². The van der Waals surface area contributed by atoms with Gasteiger partial charge in [-0.15, -0.1) is 0 Å². The highest BCUT2D eigenvalue weighted by atomic mass is 32.2. The average molecular weight is 419 g/mol. The van der Waals surface area contributed by atoms with Crippen LogP contribution in [-0.4, -0.2) is 11.7 Å². The molecule has 1 aliphatic carbocycles. The Hall–Kier alpha value is -3.12. The normalized spacial score (nSPS) is 15.9. The number of carbonyl (C=O) groups is 1. The number of ether oxygens (including phenoxy) is 2. The number of hydrogen-bond donors (Lipinski definition) is 2. The van der Waals surface area contributed by atoms with Crippen molar-refractivity contribution >= 4 is 29.2 Å². The molecule has 1 amide bonds. The molecule has 3 aromatic carbocycles. The predicted molar refractivity (Wildman–Crippen MR) is 119 cm³/mol. The van der Waals surface area contributed by atoms with Gasteiger partial charge in [-0.05, 0) is 73.3 Å². The third-order valence-electron chi connectivity index (χ3n) is 5.34. The fraction of sp³-hybridized carbons (Fsp3) is 0.208. The topological polar surface area (TPSA) is 59.6 Å². The monoisotopic (exact) mass is 418 g/mol. The zero-order chi connectivity index (χ0) is 20.4. The highest BCUT2D eigenvalue weighted by Crippen LogP contribution is 2.47. The number of carbonyl (C=O) groups excluding carboxylic acids is 1. The van der Waals surface area contributed by atoms with Crippen LogP contribution in [0.5, 0.6) is 11.5 Å². The Kier molecular flexibility index (Phi) is 5.01. The van der Waals surface area contributed by atoms with Crippen LogP contribution in [0.25, 0.3) is 0 Å². The number of amides is 1. The van der Waals surface area contributed by atoms with Crippen LogP contribution in [0.1, 0.15) is 36.0 Å². The van der Waals surface area contributed by atoms with Gasteiger partial charge in [0.2, 0.25) is 0 Å². The number of fused-ring (bicyclic) bond motifs is 1.